The van der Waals surface area contributed by atoms with Gasteiger partial charge in [-0.25, -0.2) is 9.97 Å². The Kier molecular flexibility index (Phi) is 5.75. The van der Waals surface area contributed by atoms with E-state index in [1.807, 2.05) is 30.3 Å². The van der Waals surface area contributed by atoms with Gasteiger partial charge in [-0.2, -0.15) is 0 Å². The van der Waals surface area contributed by atoms with E-state index in [1.165, 1.54) is 12.4 Å². The Labute approximate surface area is 172 Å². The zero-order valence-corrected chi connectivity index (χ0v) is 16.0. The summed E-state index contributed by atoms with van der Waals surface area (Å²) in [6, 6.07) is 16.2. The lowest BCUT2D eigenvalue weighted by Gasteiger charge is -2.05. The Morgan fingerprint density at radius 3 is 2.50 bits per heavy atom. The van der Waals surface area contributed by atoms with Crippen LogP contribution in [-0.4, -0.2) is 31.2 Å². The van der Waals surface area contributed by atoms with Crippen LogP contribution in [-0.2, 0) is 11.2 Å². The molecule has 0 saturated heterocycles. The fourth-order valence-electron chi connectivity index (χ4n) is 2.86. The molecule has 30 heavy (non-hydrogen) atoms. The van der Waals surface area contributed by atoms with Crippen molar-refractivity contribution in [2.24, 2.45) is 0 Å². The van der Waals surface area contributed by atoms with Crippen LogP contribution in [0.15, 0.2) is 71.4 Å². The molecule has 0 aliphatic heterocycles. The second-order valence-corrected chi connectivity index (χ2v) is 6.61. The maximum absolute atomic E-state index is 12.2. The van der Waals surface area contributed by atoms with E-state index in [-0.39, 0.29) is 11.7 Å². The van der Waals surface area contributed by atoms with Crippen molar-refractivity contribution in [2.45, 2.75) is 19.3 Å². The number of hydrogen-bond donors (Lipinski definition) is 2. The second-order valence-electron chi connectivity index (χ2n) is 6.61. The van der Waals surface area contributed by atoms with Gasteiger partial charge in [-0.15, -0.1) is 10.2 Å². The number of aromatic nitrogens is 4. The summed E-state index contributed by atoms with van der Waals surface area (Å²) in [5.74, 6) is 1.44. The summed E-state index contributed by atoms with van der Waals surface area (Å²) in [5, 5.41) is 20.4. The van der Waals surface area contributed by atoms with E-state index in [0.717, 1.165) is 5.56 Å². The van der Waals surface area contributed by atoms with Crippen LogP contribution in [0.1, 0.15) is 18.7 Å². The van der Waals surface area contributed by atoms with Crippen molar-refractivity contribution in [2.75, 3.05) is 5.32 Å². The van der Waals surface area contributed by atoms with Crippen LogP contribution < -0.4 is 5.32 Å². The van der Waals surface area contributed by atoms with Crippen molar-refractivity contribution in [1.29, 1.82) is 0 Å². The molecule has 2 heterocycles. The van der Waals surface area contributed by atoms with Crippen molar-refractivity contribution in [3.8, 4) is 28.6 Å². The molecule has 8 nitrogen and oxygen atoms in total. The van der Waals surface area contributed by atoms with E-state index in [9.17, 15) is 9.90 Å². The normalized spacial score (nSPS) is 10.7. The summed E-state index contributed by atoms with van der Waals surface area (Å²) >= 11 is 0. The Morgan fingerprint density at radius 1 is 0.967 bits per heavy atom. The van der Waals surface area contributed by atoms with E-state index in [0.29, 0.717) is 48.1 Å². The smallest absolute Gasteiger partial charge is 0.247 e. The first-order valence-electron chi connectivity index (χ1n) is 9.46. The number of anilines is 1. The Morgan fingerprint density at radius 2 is 1.73 bits per heavy atom. The van der Waals surface area contributed by atoms with Gasteiger partial charge in [0.25, 0.3) is 0 Å². The van der Waals surface area contributed by atoms with Gasteiger partial charge < -0.3 is 14.8 Å². The van der Waals surface area contributed by atoms with Gasteiger partial charge in [0.1, 0.15) is 5.75 Å². The third kappa shape index (κ3) is 4.85. The average Bonchev–Trinajstić information content (AvgIpc) is 3.24. The first kappa shape index (κ1) is 19.3. The lowest BCUT2D eigenvalue weighted by Crippen LogP contribution is -2.12. The molecule has 0 unspecified atom stereocenters. The number of benzene rings is 2. The first-order valence-corrected chi connectivity index (χ1v) is 9.46. The first-order chi connectivity index (χ1) is 14.7. The van der Waals surface area contributed by atoms with Crippen molar-refractivity contribution in [3.05, 3.63) is 72.9 Å². The standard InChI is InChI=1S/C22H19N5O3/c28-18-9-4-8-16(12-18)21-23-13-17(14-24-21)25-19(29)10-5-11-20-26-27-22(30-20)15-6-2-1-3-7-15/h1-4,6-9,12-14,28H,5,10-11H2,(H,25,29). The van der Waals surface area contributed by atoms with Gasteiger partial charge in [-0.1, -0.05) is 30.3 Å². The van der Waals surface area contributed by atoms with Gasteiger partial charge in [0.05, 0.1) is 18.1 Å². The van der Waals surface area contributed by atoms with Crippen molar-refractivity contribution < 1.29 is 14.3 Å². The summed E-state index contributed by atoms with van der Waals surface area (Å²) in [6.07, 6.45) is 4.46. The monoisotopic (exact) mass is 401 g/mol. The molecule has 4 aromatic rings. The zero-order valence-electron chi connectivity index (χ0n) is 16.0. The predicted octanol–water partition coefficient (Wildman–Crippen LogP) is 3.86. The molecule has 150 valence electrons. The molecule has 0 saturated carbocycles. The van der Waals surface area contributed by atoms with Gasteiger partial charge in [0.15, 0.2) is 5.82 Å². The largest absolute Gasteiger partial charge is 0.508 e. The molecule has 0 fully saturated rings. The minimum absolute atomic E-state index is 0.144. The minimum Gasteiger partial charge on any atom is -0.508 e. The third-order valence-electron chi connectivity index (χ3n) is 4.32. The molecule has 0 atom stereocenters. The molecule has 0 radical (unpaired) electrons. The summed E-state index contributed by atoms with van der Waals surface area (Å²) in [7, 11) is 0. The number of phenols is 1. The van der Waals surface area contributed by atoms with Gasteiger partial charge in [0.2, 0.25) is 17.7 Å². The minimum atomic E-state index is -0.147. The number of carbonyl (C=O) groups excluding carboxylic acids is 1. The Hall–Kier alpha value is -4.07. The van der Waals surface area contributed by atoms with Crippen molar-refractivity contribution in [1.82, 2.24) is 20.2 Å². The van der Waals surface area contributed by atoms with Gasteiger partial charge in [-0.3, -0.25) is 4.79 Å². The van der Waals surface area contributed by atoms with Crippen LogP contribution in [0.25, 0.3) is 22.8 Å². The zero-order chi connectivity index (χ0) is 20.8. The van der Waals surface area contributed by atoms with Gasteiger partial charge >= 0.3 is 0 Å². The van der Waals surface area contributed by atoms with Crippen LogP contribution in [0.3, 0.4) is 0 Å². The maximum Gasteiger partial charge on any atom is 0.247 e. The number of nitrogens with one attached hydrogen (secondary N) is 1. The third-order valence-corrected chi connectivity index (χ3v) is 4.32. The van der Waals surface area contributed by atoms with E-state index in [4.69, 9.17) is 4.42 Å². The number of phenolic OH excluding ortho intramolecular Hbond substituents is 1. The average molecular weight is 401 g/mol. The molecule has 2 aromatic heterocycles. The Balaban J connectivity index is 1.27. The molecular formula is C22H19N5O3. The Bertz CT molecular complexity index is 1130. The summed E-state index contributed by atoms with van der Waals surface area (Å²) in [6.45, 7) is 0. The molecule has 2 aromatic carbocycles. The topological polar surface area (TPSA) is 114 Å². The van der Waals surface area contributed by atoms with Crippen molar-refractivity contribution >= 4 is 11.6 Å². The SMILES string of the molecule is O=C(CCCc1nnc(-c2ccccc2)o1)Nc1cnc(-c2cccc(O)c2)nc1. The van der Waals surface area contributed by atoms with Gasteiger partial charge in [0, 0.05) is 24.0 Å². The maximum atomic E-state index is 12.2. The molecule has 8 heteroatoms. The molecule has 0 bridgehead atoms. The summed E-state index contributed by atoms with van der Waals surface area (Å²) in [4.78, 5) is 20.6. The molecule has 0 spiro atoms. The number of aromatic hydroxyl groups is 1. The van der Waals surface area contributed by atoms with Gasteiger partial charge in [-0.05, 0) is 30.7 Å². The molecule has 4 rings (SSSR count). The highest BCUT2D eigenvalue weighted by atomic mass is 16.4. The van der Waals surface area contributed by atoms with Crippen LogP contribution in [0.4, 0.5) is 5.69 Å². The quantitative estimate of drug-likeness (QED) is 0.483. The highest BCUT2D eigenvalue weighted by Gasteiger charge is 2.10. The van der Waals surface area contributed by atoms with Crippen molar-refractivity contribution in [3.63, 3.8) is 0 Å². The fourth-order valence-corrected chi connectivity index (χ4v) is 2.86. The van der Waals surface area contributed by atoms with Crippen LogP contribution in [0.2, 0.25) is 0 Å². The summed E-state index contributed by atoms with van der Waals surface area (Å²) in [5.41, 5.74) is 2.07. The molecule has 1 amide bonds. The number of aryl methyl sites for hydroxylation is 1. The number of rotatable bonds is 7. The molecular weight excluding hydrogens is 382 g/mol. The molecule has 2 N–H and O–H groups in total. The van der Waals surface area contributed by atoms with E-state index in [2.05, 4.69) is 25.5 Å². The van der Waals surface area contributed by atoms with Crippen LogP contribution in [0.5, 0.6) is 5.75 Å². The van der Waals surface area contributed by atoms with E-state index in [1.54, 1.807) is 24.3 Å². The lowest BCUT2D eigenvalue weighted by atomic mass is 10.2. The number of carbonyl (C=O) groups is 1. The predicted molar refractivity (Wildman–Crippen MR) is 110 cm³/mol. The number of nitrogens with zero attached hydrogens (tertiary/aromatic N) is 4. The molecule has 0 aliphatic carbocycles. The van der Waals surface area contributed by atoms with Crippen LogP contribution >= 0.6 is 0 Å². The fraction of sp³-hybridized carbons (Fsp3) is 0.136. The summed E-state index contributed by atoms with van der Waals surface area (Å²) < 4.78 is 5.64. The highest BCUT2D eigenvalue weighted by molar-refractivity contribution is 5.90. The van der Waals surface area contributed by atoms with E-state index >= 15 is 0 Å². The second kappa shape index (κ2) is 8.95. The number of amides is 1. The number of hydrogen-bond acceptors (Lipinski definition) is 7. The highest BCUT2D eigenvalue weighted by Crippen LogP contribution is 2.20. The lowest BCUT2D eigenvalue weighted by molar-refractivity contribution is -0.116. The molecule has 0 aliphatic rings. The van der Waals surface area contributed by atoms with Crippen LogP contribution in [0, 0.1) is 0 Å². The van der Waals surface area contributed by atoms with E-state index < -0.39 is 0 Å².